The Balaban J connectivity index is 1.60. The van der Waals surface area contributed by atoms with Gasteiger partial charge in [0.1, 0.15) is 0 Å². The number of carbonyl (C=O) groups is 2. The van der Waals surface area contributed by atoms with E-state index >= 15 is 0 Å². The minimum atomic E-state index is -0.0450. The molecule has 1 N–H and O–H groups in total. The lowest BCUT2D eigenvalue weighted by atomic mass is 9.94. The highest BCUT2D eigenvalue weighted by molar-refractivity contribution is 5.96. The van der Waals surface area contributed by atoms with Crippen LogP contribution < -0.4 is 5.32 Å². The molecule has 2 aromatic carbocycles. The Hall–Kier alpha value is -2.62. The fraction of sp³-hybridized carbons (Fsp3) is 0.391. The van der Waals surface area contributed by atoms with Crippen molar-refractivity contribution in [1.82, 2.24) is 4.90 Å². The molecule has 1 fully saturated rings. The van der Waals surface area contributed by atoms with E-state index in [1.165, 1.54) is 0 Å². The summed E-state index contributed by atoms with van der Waals surface area (Å²) in [5, 5.41) is 3.14. The van der Waals surface area contributed by atoms with E-state index in [0.717, 1.165) is 34.4 Å². The first-order valence-electron chi connectivity index (χ1n) is 9.75. The van der Waals surface area contributed by atoms with Crippen molar-refractivity contribution in [2.45, 2.75) is 40.0 Å². The van der Waals surface area contributed by atoms with Crippen LogP contribution >= 0.6 is 0 Å². The molecule has 4 heteroatoms. The van der Waals surface area contributed by atoms with E-state index in [4.69, 9.17) is 0 Å². The number of anilines is 1. The lowest BCUT2D eigenvalue weighted by Crippen LogP contribution is -2.41. The first kappa shape index (κ1) is 19.2. The molecule has 0 aromatic heterocycles. The van der Waals surface area contributed by atoms with Crippen molar-refractivity contribution >= 4 is 17.5 Å². The molecule has 142 valence electrons. The Morgan fingerprint density at radius 2 is 1.70 bits per heavy atom. The molecular formula is C23H28N2O2. The van der Waals surface area contributed by atoms with Gasteiger partial charge in [0.15, 0.2) is 0 Å². The van der Waals surface area contributed by atoms with Gasteiger partial charge >= 0.3 is 0 Å². The smallest absolute Gasteiger partial charge is 0.253 e. The number of aryl methyl sites for hydroxylation is 3. The van der Waals surface area contributed by atoms with Gasteiger partial charge in [-0.3, -0.25) is 9.59 Å². The lowest BCUT2D eigenvalue weighted by molar-refractivity contribution is -0.121. The van der Waals surface area contributed by atoms with E-state index < -0.39 is 0 Å². The summed E-state index contributed by atoms with van der Waals surface area (Å²) in [5.41, 5.74) is 5.06. The van der Waals surface area contributed by atoms with Crippen molar-refractivity contribution in [3.8, 4) is 0 Å². The molecule has 1 saturated heterocycles. The highest BCUT2D eigenvalue weighted by Crippen LogP contribution is 2.25. The number of carbonyl (C=O) groups excluding carboxylic acids is 2. The highest BCUT2D eigenvalue weighted by atomic mass is 16.2. The summed E-state index contributed by atoms with van der Waals surface area (Å²) >= 11 is 0. The predicted molar refractivity (Wildman–Crippen MR) is 109 cm³/mol. The van der Waals surface area contributed by atoms with Gasteiger partial charge in [-0.1, -0.05) is 42.8 Å². The Morgan fingerprint density at radius 3 is 2.33 bits per heavy atom. The molecule has 1 aliphatic heterocycles. The molecule has 0 radical (unpaired) electrons. The third-order valence-electron chi connectivity index (χ3n) is 5.44. The third-order valence-corrected chi connectivity index (χ3v) is 5.44. The molecule has 27 heavy (non-hydrogen) atoms. The van der Waals surface area contributed by atoms with E-state index in [2.05, 4.69) is 18.3 Å². The maximum absolute atomic E-state index is 12.8. The average molecular weight is 364 g/mol. The molecule has 1 aliphatic rings. The molecule has 0 unspecified atom stereocenters. The van der Waals surface area contributed by atoms with Gasteiger partial charge in [-0.25, -0.2) is 0 Å². The molecule has 0 bridgehead atoms. The van der Waals surface area contributed by atoms with Crippen molar-refractivity contribution in [2.75, 3.05) is 18.4 Å². The second-order valence-electron chi connectivity index (χ2n) is 7.38. The van der Waals surface area contributed by atoms with Crippen LogP contribution in [0.3, 0.4) is 0 Å². The second-order valence-corrected chi connectivity index (χ2v) is 7.38. The zero-order chi connectivity index (χ0) is 19.4. The van der Waals surface area contributed by atoms with E-state index in [1.807, 2.05) is 55.1 Å². The number of nitrogens with zero attached hydrogens (tertiary/aromatic N) is 1. The number of nitrogens with one attached hydrogen (secondary N) is 1. The number of amides is 2. The molecule has 0 atom stereocenters. The molecule has 4 nitrogen and oxygen atoms in total. The van der Waals surface area contributed by atoms with Gasteiger partial charge < -0.3 is 10.2 Å². The number of rotatable bonds is 4. The number of hydrogen-bond acceptors (Lipinski definition) is 2. The molecule has 2 aromatic rings. The van der Waals surface area contributed by atoms with Crippen LogP contribution in [0.2, 0.25) is 0 Å². The van der Waals surface area contributed by atoms with Crippen LogP contribution in [-0.4, -0.2) is 29.8 Å². The molecule has 1 heterocycles. The molecular weight excluding hydrogens is 336 g/mol. The largest absolute Gasteiger partial charge is 0.339 e. The minimum absolute atomic E-state index is 0.0450. The predicted octanol–water partition coefficient (Wildman–Crippen LogP) is 4.36. The van der Waals surface area contributed by atoms with Crippen LogP contribution in [0, 0.1) is 19.8 Å². The fourth-order valence-electron chi connectivity index (χ4n) is 3.65. The quantitative estimate of drug-likeness (QED) is 0.876. The Labute approximate surface area is 161 Å². The zero-order valence-corrected chi connectivity index (χ0v) is 16.4. The summed E-state index contributed by atoms with van der Waals surface area (Å²) in [6.07, 6.45) is 2.30. The summed E-state index contributed by atoms with van der Waals surface area (Å²) < 4.78 is 0. The van der Waals surface area contributed by atoms with Crippen LogP contribution in [0.5, 0.6) is 0 Å². The Morgan fingerprint density at radius 1 is 1.04 bits per heavy atom. The number of piperidine rings is 1. The molecule has 0 aliphatic carbocycles. The van der Waals surface area contributed by atoms with Crippen molar-refractivity contribution in [1.29, 1.82) is 0 Å². The van der Waals surface area contributed by atoms with E-state index in [0.29, 0.717) is 25.9 Å². The van der Waals surface area contributed by atoms with Crippen molar-refractivity contribution in [2.24, 2.45) is 5.92 Å². The summed E-state index contributed by atoms with van der Waals surface area (Å²) in [4.78, 5) is 27.3. The lowest BCUT2D eigenvalue weighted by Gasteiger charge is -2.31. The number of benzene rings is 2. The monoisotopic (exact) mass is 364 g/mol. The van der Waals surface area contributed by atoms with Crippen LogP contribution in [0.4, 0.5) is 5.69 Å². The van der Waals surface area contributed by atoms with Crippen LogP contribution in [0.25, 0.3) is 0 Å². The Kier molecular flexibility index (Phi) is 5.94. The van der Waals surface area contributed by atoms with Gasteiger partial charge in [-0.15, -0.1) is 0 Å². The summed E-state index contributed by atoms with van der Waals surface area (Å²) in [7, 11) is 0. The average Bonchev–Trinajstić information content (AvgIpc) is 2.69. The summed E-state index contributed by atoms with van der Waals surface area (Å²) in [6, 6.07) is 13.8. The maximum atomic E-state index is 12.8. The van der Waals surface area contributed by atoms with Gasteiger partial charge in [0, 0.05) is 30.3 Å². The van der Waals surface area contributed by atoms with Gasteiger partial charge in [0.05, 0.1) is 0 Å². The zero-order valence-electron chi connectivity index (χ0n) is 16.4. The van der Waals surface area contributed by atoms with Crippen molar-refractivity contribution in [3.63, 3.8) is 0 Å². The highest BCUT2D eigenvalue weighted by Gasteiger charge is 2.28. The SMILES string of the molecule is CCc1cccc(C)c1NC(=O)C1CCN(C(=O)c2ccc(C)cc2)CC1. The number of likely N-dealkylation sites (tertiary alicyclic amines) is 1. The summed E-state index contributed by atoms with van der Waals surface area (Å²) in [5.74, 6) is 0.0823. The van der Waals surface area contributed by atoms with E-state index in [9.17, 15) is 9.59 Å². The molecule has 0 saturated carbocycles. The van der Waals surface area contributed by atoms with Gasteiger partial charge in [-0.2, -0.15) is 0 Å². The van der Waals surface area contributed by atoms with Gasteiger partial charge in [0.2, 0.25) is 5.91 Å². The normalized spacial score (nSPS) is 14.9. The standard InChI is InChI=1S/C23H28N2O2/c1-4-18-7-5-6-17(3)21(18)24-22(26)19-12-14-25(15-13-19)23(27)20-10-8-16(2)9-11-20/h5-11,19H,4,12-15H2,1-3H3,(H,24,26). The van der Waals surface area contributed by atoms with Gasteiger partial charge in [-0.05, 0) is 56.4 Å². The third kappa shape index (κ3) is 4.38. The van der Waals surface area contributed by atoms with Crippen LogP contribution in [-0.2, 0) is 11.2 Å². The molecule has 2 amide bonds. The minimum Gasteiger partial charge on any atom is -0.339 e. The van der Waals surface area contributed by atoms with E-state index in [-0.39, 0.29) is 17.7 Å². The van der Waals surface area contributed by atoms with Crippen molar-refractivity contribution in [3.05, 3.63) is 64.7 Å². The van der Waals surface area contributed by atoms with E-state index in [1.54, 1.807) is 0 Å². The fourth-order valence-corrected chi connectivity index (χ4v) is 3.65. The first-order valence-corrected chi connectivity index (χ1v) is 9.75. The summed E-state index contributed by atoms with van der Waals surface area (Å²) in [6.45, 7) is 7.38. The van der Waals surface area contributed by atoms with Gasteiger partial charge in [0.25, 0.3) is 5.91 Å². The van der Waals surface area contributed by atoms with Crippen LogP contribution in [0.1, 0.15) is 46.8 Å². The first-order chi connectivity index (χ1) is 13.0. The van der Waals surface area contributed by atoms with Crippen molar-refractivity contribution < 1.29 is 9.59 Å². The van der Waals surface area contributed by atoms with Crippen LogP contribution in [0.15, 0.2) is 42.5 Å². The molecule has 0 spiro atoms. The Bertz CT molecular complexity index is 819. The second kappa shape index (κ2) is 8.38. The number of hydrogen-bond donors (Lipinski definition) is 1. The topological polar surface area (TPSA) is 49.4 Å². The maximum Gasteiger partial charge on any atom is 0.253 e. The molecule has 3 rings (SSSR count). The number of para-hydroxylation sites is 1.